The van der Waals surface area contributed by atoms with Crippen molar-refractivity contribution in [2.24, 2.45) is 0 Å². The molecule has 0 amide bonds. The summed E-state index contributed by atoms with van der Waals surface area (Å²) in [6.07, 6.45) is 2.20. The summed E-state index contributed by atoms with van der Waals surface area (Å²) in [4.78, 5) is 0. The van der Waals surface area contributed by atoms with E-state index in [0.717, 1.165) is 13.0 Å². The summed E-state index contributed by atoms with van der Waals surface area (Å²) in [5, 5.41) is 3.60. The fourth-order valence-corrected chi connectivity index (χ4v) is 1.76. The molecule has 0 spiro atoms. The minimum Gasteiger partial charge on any atom is -0.492 e. The summed E-state index contributed by atoms with van der Waals surface area (Å²) < 4.78 is 5.60. The van der Waals surface area contributed by atoms with Crippen molar-refractivity contribution < 1.29 is 10.1 Å². The zero-order valence-electron chi connectivity index (χ0n) is 10.4. The van der Waals surface area contributed by atoms with E-state index >= 15 is 0 Å². The van der Waals surface area contributed by atoms with Crippen LogP contribution in [0, 0.1) is 0 Å². The van der Waals surface area contributed by atoms with Gasteiger partial charge in [0.25, 0.3) is 0 Å². The van der Waals surface area contributed by atoms with Gasteiger partial charge in [0.1, 0.15) is 5.75 Å². The number of rotatable bonds is 7. The van der Waals surface area contributed by atoms with Crippen molar-refractivity contribution in [1.29, 1.82) is 0 Å². The zero-order valence-corrected chi connectivity index (χ0v) is 11.9. The maximum absolute atomic E-state index is 5.99. The highest BCUT2D eigenvalue weighted by molar-refractivity contribution is 6.34. The Hall–Kier alpha value is -0.440. The molecule has 0 unspecified atom stereocenters. The highest BCUT2D eigenvalue weighted by atomic mass is 35.5. The van der Waals surface area contributed by atoms with Crippen molar-refractivity contribution in [3.8, 4) is 5.75 Å². The average molecular weight is 277 g/mol. The molecule has 1 atom stereocenters. The van der Waals surface area contributed by atoms with Gasteiger partial charge in [-0.25, -0.2) is 0 Å². The summed E-state index contributed by atoms with van der Waals surface area (Å²) >= 11 is 11.9. The number of ether oxygens (including phenoxy) is 1. The Balaban J connectivity index is 2.24. The van der Waals surface area contributed by atoms with E-state index in [-0.39, 0.29) is 0 Å². The maximum Gasteiger partial charge on any atom is 0.139 e. The predicted molar refractivity (Wildman–Crippen MR) is 73.1 cm³/mol. The van der Waals surface area contributed by atoms with Crippen LogP contribution in [0.25, 0.3) is 0 Å². The first-order chi connectivity index (χ1) is 8.13. The Morgan fingerprint density at radius 3 is 2.82 bits per heavy atom. The lowest BCUT2D eigenvalue weighted by atomic mass is 10.2. The Kier molecular flexibility index (Phi) is 6.71. The third-order valence-corrected chi connectivity index (χ3v) is 3.26. The van der Waals surface area contributed by atoms with Gasteiger partial charge in [-0.05, 0) is 25.5 Å². The van der Waals surface area contributed by atoms with Gasteiger partial charge in [-0.3, -0.25) is 0 Å². The molecule has 96 valence electrons. The first-order valence-corrected chi connectivity index (χ1v) is 6.80. The van der Waals surface area contributed by atoms with Crippen molar-refractivity contribution in [1.82, 2.24) is 0 Å². The first-order valence-electron chi connectivity index (χ1n) is 6.04. The topological polar surface area (TPSA) is 25.8 Å². The van der Waals surface area contributed by atoms with Gasteiger partial charge in [-0.2, -0.15) is 0 Å². The fourth-order valence-electron chi connectivity index (χ4n) is 1.42. The van der Waals surface area contributed by atoms with Gasteiger partial charge in [0, 0.05) is 17.5 Å². The predicted octanol–water partition coefficient (Wildman–Crippen LogP) is 3.12. The molecule has 0 fully saturated rings. The van der Waals surface area contributed by atoms with E-state index in [1.165, 1.54) is 6.42 Å². The second kappa shape index (κ2) is 7.80. The van der Waals surface area contributed by atoms with Crippen molar-refractivity contribution >= 4 is 23.2 Å². The average Bonchev–Trinajstić information content (AvgIpc) is 2.32. The van der Waals surface area contributed by atoms with Crippen LogP contribution in [0.5, 0.6) is 5.75 Å². The first kappa shape index (κ1) is 14.6. The summed E-state index contributed by atoms with van der Waals surface area (Å²) in [6.45, 7) is 6.18. The van der Waals surface area contributed by atoms with Crippen LogP contribution in [-0.2, 0) is 0 Å². The molecular weight excluding hydrogens is 257 g/mol. The van der Waals surface area contributed by atoms with Crippen molar-refractivity contribution in [2.45, 2.75) is 32.7 Å². The normalized spacial score (nSPS) is 12.5. The molecule has 0 saturated heterocycles. The SMILES string of the molecule is CC[C@@H](C)[NH2+]CCCOc1cc(Cl)ccc1Cl. The molecular formula is C13H20Cl2NO+. The Bertz CT molecular complexity index is 344. The van der Waals surface area contributed by atoms with Crippen LogP contribution in [0.2, 0.25) is 10.0 Å². The highest BCUT2D eigenvalue weighted by Crippen LogP contribution is 2.27. The molecule has 0 saturated carbocycles. The molecule has 1 rings (SSSR count). The van der Waals surface area contributed by atoms with Crippen molar-refractivity contribution in [3.05, 3.63) is 28.2 Å². The van der Waals surface area contributed by atoms with Crippen molar-refractivity contribution in [2.75, 3.05) is 13.2 Å². The van der Waals surface area contributed by atoms with Gasteiger partial charge in [0.2, 0.25) is 0 Å². The third kappa shape index (κ3) is 5.62. The van der Waals surface area contributed by atoms with E-state index in [1.807, 2.05) is 0 Å². The molecule has 0 aliphatic carbocycles. The summed E-state index contributed by atoms with van der Waals surface area (Å²) in [5.41, 5.74) is 0. The van der Waals surface area contributed by atoms with Gasteiger partial charge < -0.3 is 10.1 Å². The lowest BCUT2D eigenvalue weighted by Gasteiger charge is -2.10. The second-order valence-electron chi connectivity index (χ2n) is 4.19. The maximum atomic E-state index is 5.99. The molecule has 0 aliphatic rings. The summed E-state index contributed by atoms with van der Waals surface area (Å²) in [7, 11) is 0. The Labute approximate surface area is 113 Å². The minimum absolute atomic E-state index is 0.611. The van der Waals surface area contributed by atoms with Crippen LogP contribution in [-0.4, -0.2) is 19.2 Å². The van der Waals surface area contributed by atoms with Crippen LogP contribution in [0.1, 0.15) is 26.7 Å². The molecule has 17 heavy (non-hydrogen) atoms. The summed E-state index contributed by atoms with van der Waals surface area (Å²) in [5.74, 6) is 0.669. The smallest absolute Gasteiger partial charge is 0.139 e. The standard InChI is InChI=1S/C13H19Cl2NO/c1-3-10(2)16-7-4-8-17-13-9-11(14)5-6-12(13)15/h5-6,9-10,16H,3-4,7-8H2,1-2H3/p+1/t10-/m1/s1. The quantitative estimate of drug-likeness (QED) is 0.761. The lowest BCUT2D eigenvalue weighted by Crippen LogP contribution is -2.89. The molecule has 1 aromatic carbocycles. The van der Waals surface area contributed by atoms with E-state index < -0.39 is 0 Å². The number of quaternary nitrogens is 1. The van der Waals surface area contributed by atoms with E-state index in [4.69, 9.17) is 27.9 Å². The molecule has 0 aromatic heterocycles. The number of nitrogens with two attached hydrogens (primary N) is 1. The van der Waals surface area contributed by atoms with E-state index in [0.29, 0.717) is 28.4 Å². The zero-order chi connectivity index (χ0) is 12.7. The largest absolute Gasteiger partial charge is 0.492 e. The molecule has 1 aromatic rings. The Morgan fingerprint density at radius 2 is 2.12 bits per heavy atom. The molecule has 0 heterocycles. The molecule has 4 heteroatoms. The summed E-state index contributed by atoms with van der Waals surface area (Å²) in [6, 6.07) is 5.95. The van der Waals surface area contributed by atoms with Gasteiger partial charge in [0.05, 0.1) is 24.2 Å². The highest BCUT2D eigenvalue weighted by Gasteiger charge is 2.03. The molecule has 0 radical (unpaired) electrons. The van der Waals surface area contributed by atoms with Crippen LogP contribution in [0.3, 0.4) is 0 Å². The van der Waals surface area contributed by atoms with Crippen LogP contribution in [0.15, 0.2) is 18.2 Å². The van der Waals surface area contributed by atoms with Crippen molar-refractivity contribution in [3.63, 3.8) is 0 Å². The molecule has 0 bridgehead atoms. The van der Waals surface area contributed by atoms with Crippen LogP contribution >= 0.6 is 23.2 Å². The molecule has 2 N–H and O–H groups in total. The third-order valence-electron chi connectivity index (χ3n) is 2.71. The molecule has 2 nitrogen and oxygen atoms in total. The monoisotopic (exact) mass is 276 g/mol. The second-order valence-corrected chi connectivity index (χ2v) is 5.03. The van der Waals surface area contributed by atoms with E-state index in [1.54, 1.807) is 18.2 Å². The number of hydrogen-bond acceptors (Lipinski definition) is 1. The fraction of sp³-hybridized carbons (Fsp3) is 0.538. The lowest BCUT2D eigenvalue weighted by molar-refractivity contribution is -0.686. The minimum atomic E-state index is 0.611. The van der Waals surface area contributed by atoms with Gasteiger partial charge in [-0.1, -0.05) is 30.1 Å². The number of hydrogen-bond donors (Lipinski definition) is 1. The van der Waals surface area contributed by atoms with Crippen LogP contribution < -0.4 is 10.1 Å². The molecule has 0 aliphatic heterocycles. The van der Waals surface area contributed by atoms with Crippen LogP contribution in [0.4, 0.5) is 0 Å². The van der Waals surface area contributed by atoms with E-state index in [2.05, 4.69) is 19.2 Å². The van der Waals surface area contributed by atoms with Gasteiger partial charge in [-0.15, -0.1) is 0 Å². The number of benzene rings is 1. The Morgan fingerprint density at radius 1 is 1.35 bits per heavy atom. The van der Waals surface area contributed by atoms with Gasteiger partial charge in [0.15, 0.2) is 0 Å². The van der Waals surface area contributed by atoms with E-state index in [9.17, 15) is 0 Å². The number of halogens is 2. The van der Waals surface area contributed by atoms with Gasteiger partial charge >= 0.3 is 0 Å².